The molecule has 0 spiro atoms. The van der Waals surface area contributed by atoms with Crippen LogP contribution >= 0.6 is 11.6 Å². The van der Waals surface area contributed by atoms with Gasteiger partial charge in [0, 0.05) is 24.5 Å². The fourth-order valence-electron chi connectivity index (χ4n) is 2.34. The van der Waals surface area contributed by atoms with Crippen LogP contribution in [0.5, 0.6) is 0 Å². The van der Waals surface area contributed by atoms with Gasteiger partial charge in [0.05, 0.1) is 5.69 Å². The molecule has 0 aromatic carbocycles. The number of aryl methyl sites for hydroxylation is 1. The van der Waals surface area contributed by atoms with Crippen LogP contribution in [0.3, 0.4) is 0 Å². The lowest BCUT2D eigenvalue weighted by molar-refractivity contribution is 0.0677. The summed E-state index contributed by atoms with van der Waals surface area (Å²) < 4.78 is 1.64. The zero-order valence-corrected chi connectivity index (χ0v) is 13.4. The van der Waals surface area contributed by atoms with E-state index in [0.717, 1.165) is 11.3 Å². The zero-order chi connectivity index (χ0) is 16.4. The first kappa shape index (κ1) is 16.4. The monoisotopic (exact) mass is 323 g/mol. The van der Waals surface area contributed by atoms with E-state index < -0.39 is 5.97 Å². The molecule has 0 bridgehead atoms. The lowest BCUT2D eigenvalue weighted by Crippen LogP contribution is -2.25. The lowest BCUT2D eigenvalue weighted by Gasteiger charge is -2.12. The number of hydrogen-bond donors (Lipinski definition) is 2. The molecule has 0 amide bonds. The van der Waals surface area contributed by atoms with E-state index in [1.807, 2.05) is 20.8 Å². The number of halogens is 1. The molecule has 2 heterocycles. The Hall–Kier alpha value is -1.99. The maximum Gasteiger partial charge on any atom is 0.372 e. The number of nitrogens with zero attached hydrogens (tertiary/aromatic N) is 4. The second kappa shape index (κ2) is 6.41. The number of nitrogens with two attached hydrogens (primary N) is 1. The molecule has 0 aliphatic rings. The molecule has 0 saturated heterocycles. The number of carboxylic acid groups (broad SMARTS) is 1. The molecule has 2 rings (SSSR count). The van der Waals surface area contributed by atoms with Crippen LogP contribution in [0.4, 0.5) is 0 Å². The van der Waals surface area contributed by atoms with Gasteiger partial charge in [-0.15, -0.1) is 0 Å². The van der Waals surface area contributed by atoms with Crippen LogP contribution in [0, 0.1) is 6.92 Å². The van der Waals surface area contributed by atoms with Gasteiger partial charge in [0.15, 0.2) is 0 Å². The molecule has 118 valence electrons. The Morgan fingerprint density at radius 1 is 1.45 bits per heavy atom. The fraction of sp³-hybridized carbons (Fsp3) is 0.429. The van der Waals surface area contributed by atoms with Crippen LogP contribution in [0.2, 0.25) is 5.28 Å². The maximum atomic E-state index is 11.5. The van der Waals surface area contributed by atoms with Crippen molar-refractivity contribution >= 4 is 17.6 Å². The molecule has 0 radical (unpaired) electrons. The summed E-state index contributed by atoms with van der Waals surface area (Å²) in [6, 6.07) is -0.194. The minimum atomic E-state index is -1.10. The normalized spacial score (nSPS) is 12.4. The third-order valence-corrected chi connectivity index (χ3v) is 3.42. The quantitative estimate of drug-likeness (QED) is 0.814. The van der Waals surface area contributed by atoms with E-state index in [1.165, 1.54) is 0 Å². The van der Waals surface area contributed by atoms with Crippen molar-refractivity contribution in [2.24, 2.45) is 5.73 Å². The molecule has 3 N–H and O–H groups in total. The summed E-state index contributed by atoms with van der Waals surface area (Å²) in [5.41, 5.74) is 8.44. The molecule has 8 heteroatoms. The van der Waals surface area contributed by atoms with E-state index >= 15 is 0 Å². The highest BCUT2D eigenvalue weighted by molar-refractivity contribution is 6.28. The smallest absolute Gasteiger partial charge is 0.372 e. The first-order chi connectivity index (χ1) is 10.3. The average molecular weight is 324 g/mol. The third kappa shape index (κ3) is 3.10. The first-order valence-corrected chi connectivity index (χ1v) is 7.30. The number of carbonyl (C=O) groups is 1. The van der Waals surface area contributed by atoms with Crippen molar-refractivity contribution in [2.75, 3.05) is 0 Å². The minimum absolute atomic E-state index is 0.0433. The Morgan fingerprint density at radius 2 is 2.14 bits per heavy atom. The number of imidazole rings is 1. The summed E-state index contributed by atoms with van der Waals surface area (Å²) in [7, 11) is 0. The molecule has 2 aromatic rings. The van der Waals surface area contributed by atoms with Crippen LogP contribution in [0.15, 0.2) is 6.20 Å². The van der Waals surface area contributed by atoms with E-state index in [1.54, 1.807) is 10.8 Å². The maximum absolute atomic E-state index is 11.5. The molecule has 22 heavy (non-hydrogen) atoms. The average Bonchev–Trinajstić information content (AvgIpc) is 2.79. The summed E-state index contributed by atoms with van der Waals surface area (Å²) in [5, 5.41) is 9.50. The number of aromatic nitrogens is 4. The van der Waals surface area contributed by atoms with Gasteiger partial charge in [0.25, 0.3) is 0 Å². The summed E-state index contributed by atoms with van der Waals surface area (Å²) in [6.07, 6.45) is 2.19. The van der Waals surface area contributed by atoms with Gasteiger partial charge in [0.2, 0.25) is 11.1 Å². The molecule has 2 aromatic heterocycles. The predicted octanol–water partition coefficient (Wildman–Crippen LogP) is 1.91. The third-order valence-electron chi connectivity index (χ3n) is 3.24. The van der Waals surface area contributed by atoms with Crippen LogP contribution in [0.1, 0.15) is 35.7 Å². The lowest BCUT2D eigenvalue weighted by atomic mass is 10.1. The van der Waals surface area contributed by atoms with Gasteiger partial charge in [-0.3, -0.25) is 0 Å². The molecular weight excluding hydrogens is 306 g/mol. The first-order valence-electron chi connectivity index (χ1n) is 6.92. The molecule has 0 saturated carbocycles. The number of hydrogen-bond acceptors (Lipinski definition) is 5. The molecular formula is C14H18ClN5O2. The fourth-order valence-corrected chi connectivity index (χ4v) is 2.48. The topological polar surface area (TPSA) is 107 Å². The molecule has 0 fully saturated rings. The van der Waals surface area contributed by atoms with Gasteiger partial charge in [-0.05, 0) is 37.4 Å². The van der Waals surface area contributed by atoms with Gasteiger partial charge in [-0.1, -0.05) is 6.92 Å². The van der Waals surface area contributed by atoms with Crippen molar-refractivity contribution in [1.82, 2.24) is 19.5 Å². The van der Waals surface area contributed by atoms with Crippen molar-refractivity contribution in [3.05, 3.63) is 28.6 Å². The Kier molecular flexibility index (Phi) is 4.77. The SMILES string of the molecule is CCc1c(-c2nc(Cl)ncc2C)nc(C(=O)O)n1CC(C)N. The summed E-state index contributed by atoms with van der Waals surface area (Å²) in [5.74, 6) is -1.14. The van der Waals surface area contributed by atoms with Crippen molar-refractivity contribution in [3.8, 4) is 11.4 Å². The van der Waals surface area contributed by atoms with Crippen molar-refractivity contribution in [2.45, 2.75) is 39.8 Å². The van der Waals surface area contributed by atoms with Crippen LogP contribution in [-0.2, 0) is 13.0 Å². The second-order valence-electron chi connectivity index (χ2n) is 5.15. The van der Waals surface area contributed by atoms with E-state index in [4.69, 9.17) is 17.3 Å². The predicted molar refractivity (Wildman–Crippen MR) is 83.0 cm³/mol. The van der Waals surface area contributed by atoms with Crippen LogP contribution in [0.25, 0.3) is 11.4 Å². The second-order valence-corrected chi connectivity index (χ2v) is 5.49. The Morgan fingerprint density at radius 3 is 2.68 bits per heavy atom. The molecule has 0 aliphatic carbocycles. The largest absolute Gasteiger partial charge is 0.475 e. The zero-order valence-electron chi connectivity index (χ0n) is 12.7. The highest BCUT2D eigenvalue weighted by Crippen LogP contribution is 2.27. The standard InChI is InChI=1S/C14H18ClN5O2/c1-4-9-11(10-7(2)5-17-14(15)19-10)18-12(13(21)22)20(9)6-8(3)16/h5,8H,4,6,16H2,1-3H3,(H,21,22). The van der Waals surface area contributed by atoms with Crippen molar-refractivity contribution in [3.63, 3.8) is 0 Å². The van der Waals surface area contributed by atoms with E-state index in [2.05, 4.69) is 15.0 Å². The molecule has 1 unspecified atom stereocenters. The van der Waals surface area contributed by atoms with E-state index in [0.29, 0.717) is 24.4 Å². The Labute approximate surface area is 133 Å². The minimum Gasteiger partial charge on any atom is -0.475 e. The highest BCUT2D eigenvalue weighted by Gasteiger charge is 2.24. The van der Waals surface area contributed by atoms with Gasteiger partial charge in [-0.2, -0.15) is 0 Å². The van der Waals surface area contributed by atoms with Crippen LogP contribution in [-0.4, -0.2) is 36.6 Å². The molecule has 1 atom stereocenters. The van der Waals surface area contributed by atoms with Gasteiger partial charge in [-0.25, -0.2) is 19.7 Å². The van der Waals surface area contributed by atoms with Crippen molar-refractivity contribution < 1.29 is 9.90 Å². The summed E-state index contributed by atoms with van der Waals surface area (Å²) >= 11 is 5.86. The van der Waals surface area contributed by atoms with Gasteiger partial charge < -0.3 is 15.4 Å². The van der Waals surface area contributed by atoms with E-state index in [9.17, 15) is 9.90 Å². The van der Waals surface area contributed by atoms with E-state index in [-0.39, 0.29) is 17.1 Å². The summed E-state index contributed by atoms with van der Waals surface area (Å²) in [4.78, 5) is 23.9. The summed E-state index contributed by atoms with van der Waals surface area (Å²) in [6.45, 7) is 5.95. The van der Waals surface area contributed by atoms with Gasteiger partial charge in [0.1, 0.15) is 5.69 Å². The number of carboxylic acids is 1. The number of rotatable bonds is 5. The Bertz CT molecular complexity index is 711. The molecule has 7 nitrogen and oxygen atoms in total. The number of aromatic carboxylic acids is 1. The van der Waals surface area contributed by atoms with Gasteiger partial charge >= 0.3 is 5.97 Å². The molecule has 0 aliphatic heterocycles. The van der Waals surface area contributed by atoms with Crippen molar-refractivity contribution in [1.29, 1.82) is 0 Å². The highest BCUT2D eigenvalue weighted by atomic mass is 35.5. The van der Waals surface area contributed by atoms with Crippen LogP contribution < -0.4 is 5.73 Å². The Balaban J connectivity index is 2.70.